The van der Waals surface area contributed by atoms with Crippen LogP contribution in [-0.4, -0.2) is 10.2 Å². The maximum atomic E-state index is 3.26. The van der Waals surface area contributed by atoms with Crippen LogP contribution in [0, 0.1) is 11.5 Å². The summed E-state index contributed by atoms with van der Waals surface area (Å²) in [7, 11) is 3.26. The molecule has 3 rings (SSSR count). The molecule has 0 heterocycles. The molecule has 3 radical (unpaired) electrons. The molecule has 0 bridgehead atoms. The summed E-state index contributed by atoms with van der Waals surface area (Å²) in [5.74, 6) is 3.15. The third-order valence-electron chi connectivity index (χ3n) is 3.41. The van der Waals surface area contributed by atoms with E-state index in [0.717, 1.165) is 5.56 Å². The first-order valence-electron chi connectivity index (χ1n) is 6.82. The van der Waals surface area contributed by atoms with Gasteiger partial charge in [-0.25, -0.2) is 0 Å². The molecule has 21 heavy (non-hydrogen) atoms. The van der Waals surface area contributed by atoms with Crippen LogP contribution in [0.2, 0.25) is 0 Å². The van der Waals surface area contributed by atoms with Gasteiger partial charge in [0.2, 0.25) is 0 Å². The monoisotopic (exact) mass is 281 g/mol. The van der Waals surface area contributed by atoms with Crippen LogP contribution in [0.1, 0.15) is 5.56 Å². The summed E-state index contributed by atoms with van der Waals surface area (Å²) in [5.41, 5.74) is 8.62. The third kappa shape index (κ3) is 2.81. The minimum Gasteiger partial charge on any atom is -0.133 e. The van der Waals surface area contributed by atoms with E-state index >= 15 is 0 Å². The van der Waals surface area contributed by atoms with E-state index in [4.69, 9.17) is 0 Å². The molecule has 0 atom stereocenters. The van der Waals surface area contributed by atoms with Gasteiger partial charge in [0, 0.05) is 11.1 Å². The fourth-order valence-electron chi connectivity index (χ4n) is 2.50. The van der Waals surface area contributed by atoms with E-state index in [0.29, 0.717) is 0 Å². The molecule has 0 fully saturated rings. The molecular formula is C20H13Si. The number of hydrogen-bond donors (Lipinski definition) is 0. The van der Waals surface area contributed by atoms with Crippen LogP contribution in [0.25, 0.3) is 22.3 Å². The molecule has 97 valence electrons. The lowest BCUT2D eigenvalue weighted by atomic mass is 9.91. The fourth-order valence-corrected chi connectivity index (χ4v) is 2.63. The molecule has 0 N–H and O–H groups in total. The average molecular weight is 281 g/mol. The Kier molecular flexibility index (Phi) is 4.00. The van der Waals surface area contributed by atoms with Crippen molar-refractivity contribution in [2.75, 3.05) is 0 Å². The highest BCUT2D eigenvalue weighted by Crippen LogP contribution is 2.34. The summed E-state index contributed by atoms with van der Waals surface area (Å²) in [6, 6.07) is 27.1. The largest absolute Gasteiger partial charge is 0.147 e. The summed E-state index contributed by atoms with van der Waals surface area (Å²) in [6.45, 7) is 0. The SMILES string of the molecule is [Si]C#Cc1cccc(-c2ccccc2)c1-c1ccccc1. The molecule has 3 aromatic carbocycles. The van der Waals surface area contributed by atoms with Crippen molar-refractivity contribution < 1.29 is 0 Å². The van der Waals surface area contributed by atoms with Crippen LogP contribution < -0.4 is 0 Å². The van der Waals surface area contributed by atoms with Crippen LogP contribution in [0.3, 0.4) is 0 Å². The van der Waals surface area contributed by atoms with Crippen LogP contribution in [-0.2, 0) is 0 Å². The summed E-state index contributed by atoms with van der Waals surface area (Å²) < 4.78 is 0. The smallest absolute Gasteiger partial charge is 0.133 e. The first-order valence-corrected chi connectivity index (χ1v) is 7.32. The van der Waals surface area contributed by atoms with E-state index in [1.807, 2.05) is 12.1 Å². The van der Waals surface area contributed by atoms with Crippen molar-refractivity contribution in [2.45, 2.75) is 0 Å². The zero-order valence-corrected chi connectivity index (χ0v) is 12.5. The van der Waals surface area contributed by atoms with Gasteiger partial charge in [-0.05, 0) is 22.8 Å². The summed E-state index contributed by atoms with van der Waals surface area (Å²) in [4.78, 5) is 0. The highest BCUT2D eigenvalue weighted by Gasteiger charge is 2.10. The highest BCUT2D eigenvalue weighted by atomic mass is 28.1. The van der Waals surface area contributed by atoms with Crippen LogP contribution in [0.5, 0.6) is 0 Å². The zero-order valence-electron chi connectivity index (χ0n) is 11.5. The van der Waals surface area contributed by atoms with Gasteiger partial charge in [-0.1, -0.05) is 78.7 Å². The Morgan fingerprint density at radius 3 is 1.86 bits per heavy atom. The van der Waals surface area contributed by atoms with Crippen molar-refractivity contribution in [3.05, 3.63) is 84.4 Å². The highest BCUT2D eigenvalue weighted by molar-refractivity contribution is 6.22. The maximum absolute atomic E-state index is 3.26. The molecule has 0 aliphatic rings. The molecule has 0 aromatic heterocycles. The topological polar surface area (TPSA) is 0 Å². The van der Waals surface area contributed by atoms with Gasteiger partial charge in [0.05, 0.1) is 0 Å². The predicted octanol–water partition coefficient (Wildman–Crippen LogP) is 4.50. The van der Waals surface area contributed by atoms with Crippen LogP contribution in [0.15, 0.2) is 78.9 Å². The van der Waals surface area contributed by atoms with Gasteiger partial charge in [0.1, 0.15) is 10.2 Å². The van der Waals surface area contributed by atoms with Crippen LogP contribution >= 0.6 is 0 Å². The second kappa shape index (κ2) is 6.26. The molecule has 0 nitrogen and oxygen atoms in total. The average Bonchev–Trinajstić information content (AvgIpc) is 2.56. The van der Waals surface area contributed by atoms with E-state index in [1.165, 1.54) is 22.3 Å². The zero-order chi connectivity index (χ0) is 14.5. The lowest BCUT2D eigenvalue weighted by Crippen LogP contribution is -1.90. The summed E-state index contributed by atoms with van der Waals surface area (Å²) >= 11 is 0. The molecule has 3 aromatic rings. The Balaban J connectivity index is 2.30. The van der Waals surface area contributed by atoms with Gasteiger partial charge in [-0.15, -0.1) is 5.54 Å². The number of rotatable bonds is 2. The Hall–Kier alpha value is -2.56. The van der Waals surface area contributed by atoms with Crippen molar-refractivity contribution in [1.29, 1.82) is 0 Å². The summed E-state index contributed by atoms with van der Waals surface area (Å²) in [6.07, 6.45) is 0. The second-order valence-electron chi connectivity index (χ2n) is 4.71. The van der Waals surface area contributed by atoms with Gasteiger partial charge < -0.3 is 0 Å². The van der Waals surface area contributed by atoms with Gasteiger partial charge in [0.15, 0.2) is 0 Å². The van der Waals surface area contributed by atoms with E-state index in [1.54, 1.807) is 0 Å². The Morgan fingerprint density at radius 1 is 0.619 bits per heavy atom. The Labute approximate surface area is 128 Å². The quantitative estimate of drug-likeness (QED) is 0.479. The standard InChI is InChI=1S/C20H13Si/c21-15-14-18-12-7-13-19(16-8-3-1-4-9-16)20(18)17-10-5-2-6-11-17/h1-13H. The predicted molar refractivity (Wildman–Crippen MR) is 89.9 cm³/mol. The number of benzene rings is 3. The van der Waals surface area contributed by atoms with Gasteiger partial charge in [-0.3, -0.25) is 0 Å². The van der Waals surface area contributed by atoms with E-state index in [-0.39, 0.29) is 0 Å². The van der Waals surface area contributed by atoms with Crippen molar-refractivity contribution in [3.8, 4) is 33.7 Å². The minimum atomic E-state index is 1.03. The molecular weight excluding hydrogens is 268 g/mol. The van der Waals surface area contributed by atoms with Gasteiger partial charge in [-0.2, -0.15) is 0 Å². The first-order chi connectivity index (χ1) is 10.4. The molecule has 0 saturated carbocycles. The van der Waals surface area contributed by atoms with Crippen molar-refractivity contribution in [2.24, 2.45) is 0 Å². The molecule has 0 aliphatic heterocycles. The van der Waals surface area contributed by atoms with Gasteiger partial charge in [0.25, 0.3) is 0 Å². The van der Waals surface area contributed by atoms with E-state index < -0.39 is 0 Å². The third-order valence-corrected chi connectivity index (χ3v) is 3.53. The molecule has 0 aliphatic carbocycles. The first kappa shape index (κ1) is 13.4. The van der Waals surface area contributed by atoms with Gasteiger partial charge >= 0.3 is 0 Å². The van der Waals surface area contributed by atoms with Crippen molar-refractivity contribution in [1.82, 2.24) is 0 Å². The molecule has 0 amide bonds. The second-order valence-corrected chi connectivity index (χ2v) is 4.96. The summed E-state index contributed by atoms with van der Waals surface area (Å²) in [5, 5.41) is 0. The van der Waals surface area contributed by atoms with Crippen LogP contribution in [0.4, 0.5) is 0 Å². The van der Waals surface area contributed by atoms with E-state index in [9.17, 15) is 0 Å². The normalized spacial score (nSPS) is 9.76. The number of hydrogen-bond acceptors (Lipinski definition) is 0. The van der Waals surface area contributed by atoms with E-state index in [2.05, 4.69) is 88.4 Å². The fraction of sp³-hybridized carbons (Fsp3) is 0. The Morgan fingerprint density at radius 2 is 1.24 bits per heavy atom. The molecule has 0 saturated heterocycles. The molecule has 1 heteroatoms. The molecule has 0 unspecified atom stereocenters. The van der Waals surface area contributed by atoms with Crippen molar-refractivity contribution >= 4 is 10.2 Å². The lowest BCUT2D eigenvalue weighted by molar-refractivity contribution is 1.55. The Bertz CT molecular complexity index is 793. The minimum absolute atomic E-state index is 1.03. The van der Waals surface area contributed by atoms with Crippen molar-refractivity contribution in [3.63, 3.8) is 0 Å². The maximum Gasteiger partial charge on any atom is 0.147 e. The lowest BCUT2D eigenvalue weighted by Gasteiger charge is -2.12. The molecule has 0 spiro atoms.